The van der Waals surface area contributed by atoms with Gasteiger partial charge >= 0.3 is 6.18 Å². The van der Waals surface area contributed by atoms with Crippen molar-refractivity contribution in [2.75, 3.05) is 0 Å². The van der Waals surface area contributed by atoms with Crippen molar-refractivity contribution in [1.29, 1.82) is 0 Å². The first-order valence-electron chi connectivity index (χ1n) is 5.79. The molecule has 0 spiro atoms. The third-order valence-corrected chi connectivity index (χ3v) is 2.78. The van der Waals surface area contributed by atoms with Gasteiger partial charge in [-0.25, -0.2) is 9.67 Å². The summed E-state index contributed by atoms with van der Waals surface area (Å²) in [4.78, 5) is 14.8. The Kier molecular flexibility index (Phi) is 3.59. The SMILES string of the molecule is NC(=O)Cc1nc(C2CC=CC2)n(CC(F)(F)F)n1. The maximum absolute atomic E-state index is 12.5. The van der Waals surface area contributed by atoms with E-state index in [0.29, 0.717) is 12.8 Å². The zero-order valence-corrected chi connectivity index (χ0v) is 10.0. The van der Waals surface area contributed by atoms with Crippen molar-refractivity contribution in [3.63, 3.8) is 0 Å². The Hall–Kier alpha value is -1.86. The highest BCUT2D eigenvalue weighted by molar-refractivity contribution is 5.75. The number of alkyl halides is 3. The highest BCUT2D eigenvalue weighted by Gasteiger charge is 2.32. The largest absolute Gasteiger partial charge is 0.408 e. The molecule has 1 heterocycles. The lowest BCUT2D eigenvalue weighted by Gasteiger charge is -2.12. The number of rotatable bonds is 4. The summed E-state index contributed by atoms with van der Waals surface area (Å²) in [6.07, 6.45) is 0.422. The number of amides is 1. The van der Waals surface area contributed by atoms with Crippen molar-refractivity contribution >= 4 is 5.91 Å². The molecule has 2 N–H and O–H groups in total. The van der Waals surface area contributed by atoms with Gasteiger partial charge in [-0.05, 0) is 12.8 Å². The molecular weight excluding hydrogens is 261 g/mol. The molecule has 1 amide bonds. The quantitative estimate of drug-likeness (QED) is 0.841. The number of carbonyl (C=O) groups excluding carboxylic acids is 1. The zero-order valence-electron chi connectivity index (χ0n) is 10.0. The van der Waals surface area contributed by atoms with Crippen molar-refractivity contribution in [2.24, 2.45) is 5.73 Å². The molecule has 0 fully saturated rings. The molecule has 0 saturated carbocycles. The maximum Gasteiger partial charge on any atom is 0.408 e. The molecule has 1 aliphatic rings. The van der Waals surface area contributed by atoms with Gasteiger partial charge in [0.2, 0.25) is 5.91 Å². The average molecular weight is 274 g/mol. The molecule has 5 nitrogen and oxygen atoms in total. The molecule has 1 aliphatic carbocycles. The smallest absolute Gasteiger partial charge is 0.369 e. The minimum atomic E-state index is -4.38. The van der Waals surface area contributed by atoms with E-state index in [0.717, 1.165) is 4.68 Å². The molecule has 1 aromatic heterocycles. The van der Waals surface area contributed by atoms with E-state index < -0.39 is 18.6 Å². The van der Waals surface area contributed by atoms with Crippen LogP contribution in [0.5, 0.6) is 0 Å². The van der Waals surface area contributed by atoms with Crippen LogP contribution in [0, 0.1) is 0 Å². The third kappa shape index (κ3) is 3.55. The summed E-state index contributed by atoms with van der Waals surface area (Å²) in [7, 11) is 0. The number of nitrogens with zero attached hydrogens (tertiary/aromatic N) is 3. The molecule has 0 bridgehead atoms. The van der Waals surface area contributed by atoms with Gasteiger partial charge in [0.15, 0.2) is 5.82 Å². The number of carbonyl (C=O) groups is 1. The average Bonchev–Trinajstić information content (AvgIpc) is 2.83. The molecule has 0 atom stereocenters. The van der Waals surface area contributed by atoms with Crippen LogP contribution >= 0.6 is 0 Å². The predicted molar refractivity (Wildman–Crippen MR) is 60.1 cm³/mol. The second-order valence-corrected chi connectivity index (χ2v) is 4.44. The molecule has 0 radical (unpaired) electrons. The summed E-state index contributed by atoms with van der Waals surface area (Å²) in [6, 6.07) is 0. The van der Waals surface area contributed by atoms with Gasteiger partial charge in [-0.2, -0.15) is 18.3 Å². The molecule has 2 rings (SSSR count). The maximum atomic E-state index is 12.5. The number of allylic oxidation sites excluding steroid dienone is 2. The summed E-state index contributed by atoms with van der Waals surface area (Å²) >= 11 is 0. The van der Waals surface area contributed by atoms with E-state index in [4.69, 9.17) is 5.73 Å². The van der Waals surface area contributed by atoms with Crippen molar-refractivity contribution in [1.82, 2.24) is 14.8 Å². The van der Waals surface area contributed by atoms with Crippen LogP contribution in [0.15, 0.2) is 12.2 Å². The van der Waals surface area contributed by atoms with Crippen LogP contribution in [0.1, 0.15) is 30.4 Å². The number of hydrogen-bond acceptors (Lipinski definition) is 3. The minimum Gasteiger partial charge on any atom is -0.369 e. The second-order valence-electron chi connectivity index (χ2n) is 4.44. The molecule has 0 aliphatic heterocycles. The van der Waals surface area contributed by atoms with E-state index in [1.807, 2.05) is 12.2 Å². The molecule has 104 valence electrons. The van der Waals surface area contributed by atoms with Crippen molar-refractivity contribution in [3.8, 4) is 0 Å². The van der Waals surface area contributed by atoms with E-state index in [9.17, 15) is 18.0 Å². The van der Waals surface area contributed by atoms with E-state index in [-0.39, 0.29) is 24.0 Å². The Morgan fingerprint density at radius 3 is 2.58 bits per heavy atom. The number of aromatic nitrogens is 3. The normalized spacial score (nSPS) is 16.2. The van der Waals surface area contributed by atoms with Crippen LogP contribution < -0.4 is 5.73 Å². The Balaban J connectivity index is 2.26. The fourth-order valence-electron chi connectivity index (χ4n) is 2.05. The number of primary amides is 1. The van der Waals surface area contributed by atoms with Crippen LogP contribution in [-0.2, 0) is 17.8 Å². The highest BCUT2D eigenvalue weighted by Crippen LogP contribution is 2.29. The Bertz CT molecular complexity index is 499. The topological polar surface area (TPSA) is 73.8 Å². The molecule has 8 heteroatoms. The Morgan fingerprint density at radius 2 is 2.05 bits per heavy atom. The lowest BCUT2D eigenvalue weighted by atomic mass is 10.1. The fraction of sp³-hybridized carbons (Fsp3) is 0.545. The number of halogens is 3. The van der Waals surface area contributed by atoms with E-state index in [2.05, 4.69) is 10.1 Å². The minimum absolute atomic E-state index is 0.0404. The first-order chi connectivity index (χ1) is 8.85. The van der Waals surface area contributed by atoms with E-state index in [1.165, 1.54) is 0 Å². The van der Waals surface area contributed by atoms with Gasteiger partial charge in [0.25, 0.3) is 0 Å². The zero-order chi connectivity index (χ0) is 14.0. The van der Waals surface area contributed by atoms with Gasteiger partial charge in [0.1, 0.15) is 12.4 Å². The standard InChI is InChI=1S/C11H13F3N4O/c12-11(13,14)6-18-10(7-3-1-2-4-7)16-9(17-18)5-8(15)19/h1-2,7H,3-6H2,(H2,15,19). The molecule has 0 unspecified atom stereocenters. The summed E-state index contributed by atoms with van der Waals surface area (Å²) < 4.78 is 38.3. The van der Waals surface area contributed by atoms with Gasteiger partial charge in [-0.15, -0.1) is 0 Å². The molecule has 19 heavy (non-hydrogen) atoms. The van der Waals surface area contributed by atoms with Gasteiger partial charge < -0.3 is 5.73 Å². The lowest BCUT2D eigenvalue weighted by Crippen LogP contribution is -2.21. The van der Waals surface area contributed by atoms with Crippen molar-refractivity contribution < 1.29 is 18.0 Å². The van der Waals surface area contributed by atoms with Crippen LogP contribution in [0.2, 0.25) is 0 Å². The van der Waals surface area contributed by atoms with E-state index >= 15 is 0 Å². The first kappa shape index (κ1) is 13.6. The molecule has 1 aromatic rings. The van der Waals surface area contributed by atoms with Gasteiger partial charge in [-0.3, -0.25) is 4.79 Å². The van der Waals surface area contributed by atoms with Gasteiger partial charge in [0, 0.05) is 5.92 Å². The number of nitrogens with two attached hydrogens (primary N) is 1. The predicted octanol–water partition coefficient (Wildman–Crippen LogP) is 1.30. The van der Waals surface area contributed by atoms with Crippen LogP contribution in [0.25, 0.3) is 0 Å². The molecular formula is C11H13F3N4O. The summed E-state index contributed by atoms with van der Waals surface area (Å²) in [5.74, 6) is -0.478. The third-order valence-electron chi connectivity index (χ3n) is 2.78. The van der Waals surface area contributed by atoms with Crippen LogP contribution in [0.3, 0.4) is 0 Å². The molecule has 0 saturated heterocycles. The van der Waals surface area contributed by atoms with Gasteiger partial charge in [-0.1, -0.05) is 12.2 Å². The monoisotopic (exact) mass is 274 g/mol. The molecule has 0 aromatic carbocycles. The summed E-state index contributed by atoms with van der Waals surface area (Å²) in [6.45, 7) is -1.20. The van der Waals surface area contributed by atoms with E-state index in [1.54, 1.807) is 0 Å². The first-order valence-corrected chi connectivity index (χ1v) is 5.79. The Morgan fingerprint density at radius 1 is 1.42 bits per heavy atom. The second kappa shape index (κ2) is 5.02. The van der Waals surface area contributed by atoms with Crippen LogP contribution in [-0.4, -0.2) is 26.8 Å². The lowest BCUT2D eigenvalue weighted by molar-refractivity contribution is -0.143. The highest BCUT2D eigenvalue weighted by atomic mass is 19.4. The van der Waals surface area contributed by atoms with Crippen LogP contribution in [0.4, 0.5) is 13.2 Å². The summed E-state index contributed by atoms with van der Waals surface area (Å²) in [5.41, 5.74) is 5.00. The van der Waals surface area contributed by atoms with Gasteiger partial charge in [0.05, 0.1) is 6.42 Å². The Labute approximate surface area is 107 Å². The summed E-state index contributed by atoms with van der Waals surface area (Å²) in [5, 5.41) is 3.74. The van der Waals surface area contributed by atoms with Crippen molar-refractivity contribution in [2.45, 2.75) is 37.9 Å². The number of hydrogen-bond donors (Lipinski definition) is 1. The fourth-order valence-corrected chi connectivity index (χ4v) is 2.05. The van der Waals surface area contributed by atoms with Crippen molar-refractivity contribution in [3.05, 3.63) is 23.8 Å².